The Bertz CT molecular complexity index is 1280. The third-order valence-corrected chi connectivity index (χ3v) is 5.40. The van der Waals surface area contributed by atoms with Crippen molar-refractivity contribution in [3.8, 4) is 5.75 Å². The van der Waals surface area contributed by atoms with Crippen molar-refractivity contribution in [2.45, 2.75) is 33.3 Å². The SMILES string of the molecule is Cc1c(Cc2ccccc2)c(=O)oc2c(C)c(O[C@@H](C)C(=O)NCC(=O)NCC(=O)[O-])ccc12. The van der Waals surface area contributed by atoms with E-state index in [2.05, 4.69) is 10.6 Å². The van der Waals surface area contributed by atoms with E-state index in [4.69, 9.17) is 9.15 Å². The zero-order chi connectivity index (χ0) is 24.8. The highest BCUT2D eigenvalue weighted by Crippen LogP contribution is 2.30. The van der Waals surface area contributed by atoms with Crippen LogP contribution in [0, 0.1) is 13.8 Å². The first kappa shape index (κ1) is 24.5. The molecule has 0 aliphatic rings. The van der Waals surface area contributed by atoms with Crippen molar-refractivity contribution in [3.05, 3.63) is 75.1 Å². The molecule has 178 valence electrons. The topological polar surface area (TPSA) is 138 Å². The molecule has 2 aromatic carbocycles. The number of aliphatic carboxylic acids is 1. The van der Waals surface area contributed by atoms with Gasteiger partial charge in [0.25, 0.3) is 5.91 Å². The summed E-state index contributed by atoms with van der Waals surface area (Å²) >= 11 is 0. The summed E-state index contributed by atoms with van der Waals surface area (Å²) in [6, 6.07) is 13.1. The number of carboxylic acid groups (broad SMARTS) is 1. The number of nitrogens with one attached hydrogen (secondary N) is 2. The molecule has 1 aromatic heterocycles. The molecule has 3 aromatic rings. The number of ether oxygens (including phenoxy) is 1. The van der Waals surface area contributed by atoms with Crippen molar-refractivity contribution < 1.29 is 28.6 Å². The maximum Gasteiger partial charge on any atom is 0.340 e. The second-order valence-electron chi connectivity index (χ2n) is 7.85. The predicted octanol–water partition coefficient (Wildman–Crippen LogP) is 0.750. The number of aryl methyl sites for hydroxylation is 2. The average molecular weight is 465 g/mol. The lowest BCUT2D eigenvalue weighted by Crippen LogP contribution is -2.45. The van der Waals surface area contributed by atoms with E-state index in [-0.39, 0.29) is 0 Å². The molecular formula is C25H25N2O7-. The van der Waals surface area contributed by atoms with Gasteiger partial charge < -0.3 is 29.7 Å². The van der Waals surface area contributed by atoms with Crippen LogP contribution in [-0.4, -0.2) is 37.0 Å². The molecule has 0 spiro atoms. The average Bonchev–Trinajstić information content (AvgIpc) is 2.81. The van der Waals surface area contributed by atoms with Gasteiger partial charge in [-0.15, -0.1) is 0 Å². The van der Waals surface area contributed by atoms with Gasteiger partial charge in [0.1, 0.15) is 11.3 Å². The fourth-order valence-corrected chi connectivity index (χ4v) is 3.49. The number of carboxylic acids is 1. The number of carbonyl (C=O) groups is 3. The van der Waals surface area contributed by atoms with Crippen molar-refractivity contribution in [1.82, 2.24) is 10.6 Å². The van der Waals surface area contributed by atoms with Gasteiger partial charge in [0.2, 0.25) is 5.91 Å². The summed E-state index contributed by atoms with van der Waals surface area (Å²) in [5.74, 6) is -2.32. The first-order chi connectivity index (χ1) is 16.2. The van der Waals surface area contributed by atoms with Gasteiger partial charge in [-0.2, -0.15) is 0 Å². The molecule has 9 nitrogen and oxygen atoms in total. The van der Waals surface area contributed by atoms with Gasteiger partial charge in [0.15, 0.2) is 6.10 Å². The Kier molecular flexibility index (Phi) is 7.68. The second-order valence-corrected chi connectivity index (χ2v) is 7.85. The largest absolute Gasteiger partial charge is 0.548 e. The predicted molar refractivity (Wildman–Crippen MR) is 122 cm³/mol. The summed E-state index contributed by atoms with van der Waals surface area (Å²) in [5.41, 5.74) is 2.92. The Morgan fingerprint density at radius 3 is 2.38 bits per heavy atom. The Labute approximate surface area is 195 Å². The molecule has 3 rings (SSSR count). The molecule has 0 bridgehead atoms. The Morgan fingerprint density at radius 2 is 1.71 bits per heavy atom. The minimum absolute atomic E-state index is 0.356. The summed E-state index contributed by atoms with van der Waals surface area (Å²) in [7, 11) is 0. The van der Waals surface area contributed by atoms with Crippen LogP contribution in [0.1, 0.15) is 29.2 Å². The lowest BCUT2D eigenvalue weighted by Gasteiger charge is -2.17. The molecule has 1 atom stereocenters. The van der Waals surface area contributed by atoms with Crippen molar-refractivity contribution in [2.75, 3.05) is 13.1 Å². The fraction of sp³-hybridized carbons (Fsp3) is 0.280. The van der Waals surface area contributed by atoms with Crippen LogP contribution in [0.15, 0.2) is 51.7 Å². The molecule has 0 unspecified atom stereocenters. The molecule has 34 heavy (non-hydrogen) atoms. The van der Waals surface area contributed by atoms with Gasteiger partial charge in [-0.05, 0) is 44.0 Å². The monoisotopic (exact) mass is 465 g/mol. The number of amides is 2. The van der Waals surface area contributed by atoms with Crippen molar-refractivity contribution in [2.24, 2.45) is 0 Å². The highest BCUT2D eigenvalue weighted by Gasteiger charge is 2.20. The normalized spacial score (nSPS) is 11.6. The van der Waals surface area contributed by atoms with Crippen LogP contribution in [0.4, 0.5) is 0 Å². The van der Waals surface area contributed by atoms with Gasteiger partial charge in [-0.1, -0.05) is 30.3 Å². The molecule has 2 amide bonds. The van der Waals surface area contributed by atoms with E-state index in [1.165, 1.54) is 6.92 Å². The Morgan fingerprint density at radius 1 is 1.00 bits per heavy atom. The third kappa shape index (κ3) is 5.80. The summed E-state index contributed by atoms with van der Waals surface area (Å²) in [6.07, 6.45) is -0.508. The van der Waals surface area contributed by atoms with Gasteiger partial charge in [-0.25, -0.2) is 4.79 Å². The van der Waals surface area contributed by atoms with Gasteiger partial charge in [-0.3, -0.25) is 9.59 Å². The number of hydrogen-bond donors (Lipinski definition) is 2. The van der Waals surface area contributed by atoms with Crippen LogP contribution < -0.4 is 26.1 Å². The minimum Gasteiger partial charge on any atom is -0.548 e. The Balaban J connectivity index is 1.75. The fourth-order valence-electron chi connectivity index (χ4n) is 3.49. The van der Waals surface area contributed by atoms with Gasteiger partial charge in [0, 0.05) is 22.9 Å². The second kappa shape index (κ2) is 10.7. The number of fused-ring (bicyclic) bond motifs is 1. The standard InChI is InChI=1S/C25H26N2O7/c1-14-18-9-10-20(33-16(3)24(31)27-12-21(28)26-13-22(29)30)15(2)23(18)34-25(32)19(14)11-17-7-5-4-6-8-17/h4-10,16H,11-13H2,1-3H3,(H,26,28)(H,27,31)(H,29,30)/p-1/t16-/m0/s1. The zero-order valence-corrected chi connectivity index (χ0v) is 19.1. The van der Waals surface area contributed by atoms with Crippen LogP contribution in [0.25, 0.3) is 11.0 Å². The van der Waals surface area contributed by atoms with Gasteiger partial charge >= 0.3 is 5.63 Å². The van der Waals surface area contributed by atoms with E-state index in [0.29, 0.717) is 28.9 Å². The van der Waals surface area contributed by atoms with E-state index in [0.717, 1.165) is 16.5 Å². The van der Waals surface area contributed by atoms with Crippen LogP contribution in [0.5, 0.6) is 5.75 Å². The molecule has 2 N–H and O–H groups in total. The molecule has 0 saturated carbocycles. The van der Waals surface area contributed by atoms with Crippen LogP contribution in [0.3, 0.4) is 0 Å². The van der Waals surface area contributed by atoms with Crippen molar-refractivity contribution >= 4 is 28.8 Å². The third-order valence-electron chi connectivity index (χ3n) is 5.40. The number of benzene rings is 2. The molecule has 0 aliphatic heterocycles. The summed E-state index contributed by atoms with van der Waals surface area (Å²) in [6.45, 7) is 4.06. The zero-order valence-electron chi connectivity index (χ0n) is 19.1. The van der Waals surface area contributed by atoms with Crippen molar-refractivity contribution in [1.29, 1.82) is 0 Å². The maximum absolute atomic E-state index is 12.7. The maximum atomic E-state index is 12.7. The molecular weight excluding hydrogens is 440 g/mol. The molecule has 1 heterocycles. The van der Waals surface area contributed by atoms with E-state index < -0.39 is 42.6 Å². The smallest absolute Gasteiger partial charge is 0.340 e. The van der Waals surface area contributed by atoms with Crippen LogP contribution in [0.2, 0.25) is 0 Å². The summed E-state index contributed by atoms with van der Waals surface area (Å²) in [4.78, 5) is 46.9. The number of rotatable bonds is 9. The summed E-state index contributed by atoms with van der Waals surface area (Å²) < 4.78 is 11.4. The van der Waals surface area contributed by atoms with E-state index in [1.807, 2.05) is 37.3 Å². The molecule has 0 aliphatic carbocycles. The van der Waals surface area contributed by atoms with E-state index >= 15 is 0 Å². The molecule has 0 saturated heterocycles. The summed E-state index contributed by atoms with van der Waals surface area (Å²) in [5, 5.41) is 15.6. The van der Waals surface area contributed by atoms with Crippen molar-refractivity contribution in [3.63, 3.8) is 0 Å². The van der Waals surface area contributed by atoms with Crippen LogP contribution >= 0.6 is 0 Å². The first-order valence-electron chi connectivity index (χ1n) is 10.7. The van der Waals surface area contributed by atoms with E-state index in [1.54, 1.807) is 19.1 Å². The molecule has 9 heteroatoms. The first-order valence-corrected chi connectivity index (χ1v) is 10.7. The van der Waals surface area contributed by atoms with Gasteiger partial charge in [0.05, 0.1) is 19.1 Å². The minimum atomic E-state index is -1.43. The number of hydrogen-bond acceptors (Lipinski definition) is 7. The van der Waals surface area contributed by atoms with Crippen LogP contribution in [-0.2, 0) is 20.8 Å². The lowest BCUT2D eigenvalue weighted by molar-refractivity contribution is -0.304. The van der Waals surface area contributed by atoms with E-state index in [9.17, 15) is 24.3 Å². The highest BCUT2D eigenvalue weighted by molar-refractivity contribution is 5.89. The number of carbonyl (C=O) groups excluding carboxylic acids is 3. The Hall–Kier alpha value is -4.14. The molecule has 0 fully saturated rings. The molecule has 0 radical (unpaired) electrons. The lowest BCUT2D eigenvalue weighted by atomic mass is 9.98. The highest BCUT2D eigenvalue weighted by atomic mass is 16.5. The quantitative estimate of drug-likeness (QED) is 0.445.